The number of phenolic OH excluding ortho intramolecular Hbond substituents is 1. The van der Waals surface area contributed by atoms with Crippen LogP contribution in [-0.4, -0.2) is 57.9 Å². The quantitative estimate of drug-likeness (QED) is 0.242. The number of ketones is 1. The third-order valence-corrected chi connectivity index (χ3v) is 6.60. The Morgan fingerprint density at radius 2 is 1.46 bits per heavy atom. The zero-order chi connectivity index (χ0) is 25.4. The molecule has 0 aromatic heterocycles. The van der Waals surface area contributed by atoms with E-state index in [4.69, 9.17) is 0 Å². The number of Topliss-reactive ketones (excluding diaryl/α,β-unsaturated/α-hetero) is 1. The summed E-state index contributed by atoms with van der Waals surface area (Å²) in [5, 5.41) is 20.9. The predicted octanol–water partition coefficient (Wildman–Crippen LogP) is 5.41. The maximum Gasteiger partial charge on any atom is 0.295 e. The highest BCUT2D eigenvalue weighted by Crippen LogP contribution is 2.39. The van der Waals surface area contributed by atoms with Gasteiger partial charge in [-0.05, 0) is 63.5 Å². The Labute approximate surface area is 208 Å². The van der Waals surface area contributed by atoms with Gasteiger partial charge in [0.25, 0.3) is 11.7 Å². The molecule has 6 nitrogen and oxygen atoms in total. The summed E-state index contributed by atoms with van der Waals surface area (Å²) in [6.45, 7) is 9.64. The normalized spacial score (nSPS) is 17.5. The standard InChI is InChI=1S/C29H38N2O4/c1-4-6-17-30(18-7-5-2)19-8-20-31-26(22-13-15-24(32)16-14-22)25(28(34)29(31)35)27(33)23-11-9-21(3)10-12-23/h9-16,26,32-33H,4-8,17-20H2,1-3H3/b27-25-. The number of hydrogen-bond donors (Lipinski definition) is 2. The molecule has 1 amide bonds. The summed E-state index contributed by atoms with van der Waals surface area (Å²) >= 11 is 0. The van der Waals surface area contributed by atoms with Crippen LogP contribution < -0.4 is 0 Å². The van der Waals surface area contributed by atoms with E-state index in [-0.39, 0.29) is 17.1 Å². The second-order valence-corrected chi connectivity index (χ2v) is 9.35. The first-order valence-electron chi connectivity index (χ1n) is 12.7. The van der Waals surface area contributed by atoms with Crippen LogP contribution in [0, 0.1) is 6.92 Å². The van der Waals surface area contributed by atoms with Crippen molar-refractivity contribution >= 4 is 17.4 Å². The van der Waals surface area contributed by atoms with Crippen LogP contribution in [0.2, 0.25) is 0 Å². The summed E-state index contributed by atoms with van der Waals surface area (Å²) in [5.41, 5.74) is 2.32. The third-order valence-electron chi connectivity index (χ3n) is 6.60. The Balaban J connectivity index is 1.90. The molecule has 0 radical (unpaired) electrons. The summed E-state index contributed by atoms with van der Waals surface area (Å²) in [5.74, 6) is -1.33. The molecule has 1 aliphatic rings. The van der Waals surface area contributed by atoms with Gasteiger partial charge in [-0.3, -0.25) is 9.59 Å². The first-order chi connectivity index (χ1) is 16.9. The van der Waals surface area contributed by atoms with Crippen molar-refractivity contribution in [2.45, 2.75) is 58.9 Å². The van der Waals surface area contributed by atoms with Crippen molar-refractivity contribution in [1.82, 2.24) is 9.80 Å². The van der Waals surface area contributed by atoms with E-state index in [9.17, 15) is 19.8 Å². The monoisotopic (exact) mass is 478 g/mol. The zero-order valence-corrected chi connectivity index (χ0v) is 21.2. The largest absolute Gasteiger partial charge is 0.508 e. The second kappa shape index (κ2) is 12.5. The predicted molar refractivity (Wildman–Crippen MR) is 139 cm³/mol. The van der Waals surface area contributed by atoms with Crippen LogP contribution in [0.3, 0.4) is 0 Å². The molecule has 0 spiro atoms. The van der Waals surface area contributed by atoms with E-state index in [0.717, 1.165) is 57.3 Å². The number of amides is 1. The van der Waals surface area contributed by atoms with Gasteiger partial charge in [-0.2, -0.15) is 0 Å². The number of benzene rings is 2. The smallest absolute Gasteiger partial charge is 0.295 e. The van der Waals surface area contributed by atoms with E-state index < -0.39 is 17.7 Å². The average Bonchev–Trinajstić information content (AvgIpc) is 3.10. The number of aromatic hydroxyl groups is 1. The van der Waals surface area contributed by atoms with Gasteiger partial charge in [0.1, 0.15) is 11.5 Å². The van der Waals surface area contributed by atoms with E-state index >= 15 is 0 Å². The van der Waals surface area contributed by atoms with Gasteiger partial charge in [0.2, 0.25) is 0 Å². The molecule has 3 rings (SSSR count). The molecule has 0 aliphatic carbocycles. The first-order valence-corrected chi connectivity index (χ1v) is 12.7. The van der Waals surface area contributed by atoms with Crippen molar-refractivity contribution in [2.24, 2.45) is 0 Å². The summed E-state index contributed by atoms with van der Waals surface area (Å²) in [7, 11) is 0. The van der Waals surface area contributed by atoms with E-state index in [1.807, 2.05) is 19.1 Å². The molecule has 6 heteroatoms. The lowest BCUT2D eigenvalue weighted by molar-refractivity contribution is -0.140. The van der Waals surface area contributed by atoms with Crippen molar-refractivity contribution in [1.29, 1.82) is 0 Å². The highest BCUT2D eigenvalue weighted by atomic mass is 16.3. The number of carbonyl (C=O) groups is 2. The van der Waals surface area contributed by atoms with Gasteiger partial charge in [-0.25, -0.2) is 0 Å². The van der Waals surface area contributed by atoms with Crippen LogP contribution in [0.25, 0.3) is 5.76 Å². The summed E-state index contributed by atoms with van der Waals surface area (Å²) in [6, 6.07) is 13.0. The van der Waals surface area contributed by atoms with Gasteiger partial charge >= 0.3 is 0 Å². The molecular formula is C29H38N2O4. The van der Waals surface area contributed by atoms with Crippen molar-refractivity contribution in [3.63, 3.8) is 0 Å². The Bertz CT molecular complexity index is 1020. The lowest BCUT2D eigenvalue weighted by atomic mass is 9.95. The molecular weight excluding hydrogens is 440 g/mol. The summed E-state index contributed by atoms with van der Waals surface area (Å²) in [4.78, 5) is 30.3. The Morgan fingerprint density at radius 1 is 0.886 bits per heavy atom. The molecule has 1 unspecified atom stereocenters. The first kappa shape index (κ1) is 26.5. The van der Waals surface area contributed by atoms with Gasteiger partial charge in [-0.15, -0.1) is 0 Å². The van der Waals surface area contributed by atoms with Gasteiger partial charge in [0.05, 0.1) is 11.6 Å². The lowest BCUT2D eigenvalue weighted by Gasteiger charge is -2.27. The van der Waals surface area contributed by atoms with E-state index in [2.05, 4.69) is 18.7 Å². The third kappa shape index (κ3) is 6.51. The number of rotatable bonds is 12. The van der Waals surface area contributed by atoms with E-state index in [0.29, 0.717) is 17.7 Å². The molecule has 1 atom stereocenters. The minimum atomic E-state index is -0.698. The van der Waals surface area contributed by atoms with Gasteiger partial charge in [0, 0.05) is 12.1 Å². The maximum absolute atomic E-state index is 13.2. The fraction of sp³-hybridized carbons (Fsp3) is 0.448. The van der Waals surface area contributed by atoms with E-state index in [1.165, 1.54) is 0 Å². The van der Waals surface area contributed by atoms with Crippen LogP contribution in [0.4, 0.5) is 0 Å². The molecule has 0 saturated carbocycles. The van der Waals surface area contributed by atoms with E-state index in [1.54, 1.807) is 41.3 Å². The van der Waals surface area contributed by atoms with Gasteiger partial charge < -0.3 is 20.0 Å². The number of aliphatic hydroxyl groups excluding tert-OH is 1. The van der Waals surface area contributed by atoms with Crippen LogP contribution in [0.15, 0.2) is 54.1 Å². The van der Waals surface area contributed by atoms with Gasteiger partial charge in [-0.1, -0.05) is 68.7 Å². The Hall–Kier alpha value is -3.12. The highest BCUT2D eigenvalue weighted by Gasteiger charge is 2.45. The molecule has 2 N–H and O–H groups in total. The van der Waals surface area contributed by atoms with Crippen molar-refractivity contribution < 1.29 is 19.8 Å². The number of nitrogens with zero attached hydrogens (tertiary/aromatic N) is 2. The fourth-order valence-electron chi connectivity index (χ4n) is 4.54. The average molecular weight is 479 g/mol. The van der Waals surface area contributed by atoms with Crippen LogP contribution in [-0.2, 0) is 9.59 Å². The van der Waals surface area contributed by atoms with Crippen LogP contribution in [0.1, 0.15) is 68.7 Å². The number of phenols is 1. The minimum Gasteiger partial charge on any atom is -0.508 e. The molecule has 1 fully saturated rings. The summed E-state index contributed by atoms with van der Waals surface area (Å²) in [6.07, 6.45) is 5.28. The summed E-state index contributed by atoms with van der Waals surface area (Å²) < 4.78 is 0. The molecule has 2 aromatic rings. The van der Waals surface area contributed by atoms with Crippen molar-refractivity contribution in [2.75, 3.05) is 26.2 Å². The fourth-order valence-corrected chi connectivity index (χ4v) is 4.54. The number of carbonyl (C=O) groups excluding carboxylic acids is 2. The number of likely N-dealkylation sites (tertiary alicyclic amines) is 1. The number of unbranched alkanes of at least 4 members (excludes halogenated alkanes) is 2. The Morgan fingerprint density at radius 3 is 2.03 bits per heavy atom. The highest BCUT2D eigenvalue weighted by molar-refractivity contribution is 6.46. The Kier molecular flexibility index (Phi) is 9.49. The van der Waals surface area contributed by atoms with Gasteiger partial charge in [0.15, 0.2) is 0 Å². The van der Waals surface area contributed by atoms with Crippen LogP contribution >= 0.6 is 0 Å². The molecule has 1 aliphatic heterocycles. The number of aliphatic hydroxyl groups is 1. The molecule has 188 valence electrons. The maximum atomic E-state index is 13.2. The topological polar surface area (TPSA) is 81.1 Å². The van der Waals surface area contributed by atoms with Crippen molar-refractivity contribution in [3.8, 4) is 5.75 Å². The second-order valence-electron chi connectivity index (χ2n) is 9.35. The molecule has 0 bridgehead atoms. The minimum absolute atomic E-state index is 0.0957. The number of aryl methyl sites for hydroxylation is 1. The lowest BCUT2D eigenvalue weighted by Crippen LogP contribution is -2.34. The number of hydrogen-bond acceptors (Lipinski definition) is 5. The SMILES string of the molecule is CCCCN(CCCC)CCCN1C(=O)C(=O)/C(=C(\O)c2ccc(C)cc2)C1c1ccc(O)cc1. The molecule has 35 heavy (non-hydrogen) atoms. The van der Waals surface area contributed by atoms with Crippen LogP contribution in [0.5, 0.6) is 5.75 Å². The zero-order valence-electron chi connectivity index (χ0n) is 21.2. The molecule has 1 heterocycles. The molecule has 2 aromatic carbocycles. The molecule has 1 saturated heterocycles. The van der Waals surface area contributed by atoms with Crippen molar-refractivity contribution in [3.05, 3.63) is 70.8 Å².